The third-order valence-electron chi connectivity index (χ3n) is 3.03. The van der Waals surface area contributed by atoms with Crippen LogP contribution in [0, 0.1) is 0 Å². The van der Waals surface area contributed by atoms with E-state index in [4.69, 9.17) is 5.11 Å². The molecule has 2 unspecified atom stereocenters. The van der Waals surface area contributed by atoms with E-state index in [2.05, 4.69) is 10.3 Å². The number of carbonyl (C=O) groups is 2. The zero-order chi connectivity index (χ0) is 14.3. The fourth-order valence-corrected chi connectivity index (χ4v) is 1.98. The molecule has 0 bridgehead atoms. The summed E-state index contributed by atoms with van der Waals surface area (Å²) in [6, 6.07) is -0.781. The van der Waals surface area contributed by atoms with Crippen molar-refractivity contribution in [3.63, 3.8) is 0 Å². The Hall–Kier alpha value is -1.85. The van der Waals surface area contributed by atoms with Crippen LogP contribution in [0.4, 0.5) is 0 Å². The number of imidazole rings is 1. The Morgan fingerprint density at radius 3 is 2.63 bits per heavy atom. The molecule has 0 aliphatic heterocycles. The van der Waals surface area contributed by atoms with Crippen LogP contribution in [0.2, 0.25) is 0 Å². The Balaban J connectivity index is 2.59. The highest BCUT2D eigenvalue weighted by molar-refractivity contribution is 5.83. The second-order valence-electron chi connectivity index (χ2n) is 4.52. The lowest BCUT2D eigenvalue weighted by Crippen LogP contribution is -2.41. The third kappa shape index (κ3) is 4.73. The number of aromatic nitrogens is 2. The molecule has 2 atom stereocenters. The van der Waals surface area contributed by atoms with E-state index in [9.17, 15) is 9.59 Å². The van der Waals surface area contributed by atoms with Crippen LogP contribution in [0.15, 0.2) is 18.7 Å². The molecule has 1 rings (SSSR count). The first-order chi connectivity index (χ1) is 9.08. The molecule has 6 heteroatoms. The van der Waals surface area contributed by atoms with Crippen molar-refractivity contribution < 1.29 is 14.7 Å². The molecule has 0 spiro atoms. The van der Waals surface area contributed by atoms with Gasteiger partial charge in [-0.15, -0.1) is 0 Å². The molecule has 1 amide bonds. The Morgan fingerprint density at radius 2 is 2.16 bits per heavy atom. The Bertz CT molecular complexity index is 403. The molecule has 0 saturated carbocycles. The number of carboxylic acid groups (broad SMARTS) is 1. The van der Waals surface area contributed by atoms with Gasteiger partial charge < -0.3 is 15.0 Å². The van der Waals surface area contributed by atoms with E-state index in [1.165, 1.54) is 0 Å². The van der Waals surface area contributed by atoms with E-state index >= 15 is 0 Å². The summed E-state index contributed by atoms with van der Waals surface area (Å²) in [7, 11) is 0. The van der Waals surface area contributed by atoms with Crippen LogP contribution >= 0.6 is 0 Å². The van der Waals surface area contributed by atoms with Crippen molar-refractivity contribution in [2.75, 3.05) is 0 Å². The van der Waals surface area contributed by atoms with Crippen molar-refractivity contribution in [3.8, 4) is 0 Å². The monoisotopic (exact) mass is 267 g/mol. The molecule has 0 aromatic carbocycles. The van der Waals surface area contributed by atoms with Gasteiger partial charge in [0, 0.05) is 24.9 Å². The van der Waals surface area contributed by atoms with Gasteiger partial charge >= 0.3 is 5.97 Å². The van der Waals surface area contributed by atoms with Crippen LogP contribution < -0.4 is 5.32 Å². The van der Waals surface area contributed by atoms with Gasteiger partial charge in [-0.2, -0.15) is 0 Å². The first-order valence-electron chi connectivity index (χ1n) is 6.58. The molecular formula is C13H21N3O3. The maximum absolute atomic E-state index is 11.9. The second kappa shape index (κ2) is 7.56. The molecule has 0 aliphatic rings. The average molecular weight is 267 g/mol. The van der Waals surface area contributed by atoms with E-state index in [0.717, 1.165) is 12.8 Å². The molecule has 0 saturated heterocycles. The predicted molar refractivity (Wildman–Crippen MR) is 70.6 cm³/mol. The van der Waals surface area contributed by atoms with E-state index < -0.39 is 12.0 Å². The maximum atomic E-state index is 11.9. The normalized spacial score (nSPS) is 13.8. The van der Waals surface area contributed by atoms with Gasteiger partial charge in [-0.1, -0.05) is 20.3 Å². The van der Waals surface area contributed by atoms with Crippen molar-refractivity contribution in [2.45, 2.75) is 51.6 Å². The number of nitrogens with zero attached hydrogens (tertiary/aromatic N) is 2. The van der Waals surface area contributed by atoms with Gasteiger partial charge in [-0.25, -0.2) is 9.78 Å². The molecule has 106 valence electrons. The number of rotatable bonds is 8. The minimum atomic E-state index is -0.995. The molecule has 0 aliphatic carbocycles. The van der Waals surface area contributed by atoms with Crippen LogP contribution in [-0.2, 0) is 9.59 Å². The molecule has 1 heterocycles. The number of amides is 1. The Kier molecular flexibility index (Phi) is 6.05. The van der Waals surface area contributed by atoms with Gasteiger partial charge in [-0.3, -0.25) is 4.79 Å². The summed E-state index contributed by atoms with van der Waals surface area (Å²) in [6.45, 7) is 3.78. The first-order valence-corrected chi connectivity index (χ1v) is 6.58. The molecule has 1 aromatic heterocycles. The van der Waals surface area contributed by atoms with Gasteiger partial charge in [-0.05, 0) is 12.8 Å². The Morgan fingerprint density at radius 1 is 1.42 bits per heavy atom. The summed E-state index contributed by atoms with van der Waals surface area (Å²) in [5, 5.41) is 11.5. The standard InChI is InChI=1S/C13H21N3O3/c1-3-5-10(16-7-6-14-9-16)8-12(17)15-11(4-2)13(18)19/h6-7,9-11H,3-5,8H2,1-2H3,(H,15,17)(H,18,19). The van der Waals surface area contributed by atoms with Gasteiger partial charge in [0.2, 0.25) is 5.91 Å². The van der Waals surface area contributed by atoms with Crippen LogP contribution in [-0.4, -0.2) is 32.6 Å². The molecule has 2 N–H and O–H groups in total. The van der Waals surface area contributed by atoms with Crippen molar-refractivity contribution in [1.29, 1.82) is 0 Å². The summed E-state index contributed by atoms with van der Waals surface area (Å²) in [6.07, 6.45) is 7.63. The van der Waals surface area contributed by atoms with E-state index in [-0.39, 0.29) is 18.4 Å². The van der Waals surface area contributed by atoms with Crippen molar-refractivity contribution in [2.24, 2.45) is 0 Å². The molecule has 19 heavy (non-hydrogen) atoms. The zero-order valence-corrected chi connectivity index (χ0v) is 11.4. The SMILES string of the molecule is CCCC(CC(=O)NC(CC)C(=O)O)n1ccnc1. The number of aliphatic carboxylic acids is 1. The van der Waals surface area contributed by atoms with Crippen LogP contribution in [0.1, 0.15) is 45.6 Å². The summed E-state index contributed by atoms with van der Waals surface area (Å²) in [5.74, 6) is -1.23. The lowest BCUT2D eigenvalue weighted by molar-refractivity contribution is -0.142. The number of carboxylic acids is 1. The lowest BCUT2D eigenvalue weighted by atomic mass is 10.1. The first kappa shape index (κ1) is 15.2. The topological polar surface area (TPSA) is 84.2 Å². The molecule has 0 fully saturated rings. The van der Waals surface area contributed by atoms with Crippen LogP contribution in [0.3, 0.4) is 0 Å². The average Bonchev–Trinajstić information content (AvgIpc) is 2.88. The minimum Gasteiger partial charge on any atom is -0.480 e. The summed E-state index contributed by atoms with van der Waals surface area (Å²) in [5.41, 5.74) is 0. The fourth-order valence-electron chi connectivity index (χ4n) is 1.98. The quantitative estimate of drug-likeness (QED) is 0.749. The second-order valence-corrected chi connectivity index (χ2v) is 4.52. The Labute approximate surface area is 112 Å². The van der Waals surface area contributed by atoms with E-state index in [0.29, 0.717) is 6.42 Å². The minimum absolute atomic E-state index is 0.0267. The van der Waals surface area contributed by atoms with Gasteiger partial charge in [0.1, 0.15) is 6.04 Å². The van der Waals surface area contributed by atoms with Crippen LogP contribution in [0.25, 0.3) is 0 Å². The van der Waals surface area contributed by atoms with E-state index in [1.807, 2.05) is 17.7 Å². The molecule has 6 nitrogen and oxygen atoms in total. The van der Waals surface area contributed by atoms with Crippen LogP contribution in [0.5, 0.6) is 0 Å². The van der Waals surface area contributed by atoms with Gasteiger partial charge in [0.25, 0.3) is 0 Å². The highest BCUT2D eigenvalue weighted by atomic mass is 16.4. The number of hydrogen-bond donors (Lipinski definition) is 2. The largest absolute Gasteiger partial charge is 0.480 e. The zero-order valence-electron chi connectivity index (χ0n) is 11.4. The fraction of sp³-hybridized carbons (Fsp3) is 0.615. The van der Waals surface area contributed by atoms with Crippen molar-refractivity contribution in [3.05, 3.63) is 18.7 Å². The third-order valence-corrected chi connectivity index (χ3v) is 3.03. The number of hydrogen-bond acceptors (Lipinski definition) is 3. The molecule has 1 aromatic rings. The summed E-state index contributed by atoms with van der Waals surface area (Å²) >= 11 is 0. The number of carbonyl (C=O) groups excluding carboxylic acids is 1. The molecule has 0 radical (unpaired) electrons. The summed E-state index contributed by atoms with van der Waals surface area (Å²) in [4.78, 5) is 26.7. The smallest absolute Gasteiger partial charge is 0.326 e. The molecular weight excluding hydrogens is 246 g/mol. The van der Waals surface area contributed by atoms with Gasteiger partial charge in [0.05, 0.1) is 6.33 Å². The van der Waals surface area contributed by atoms with Crippen molar-refractivity contribution in [1.82, 2.24) is 14.9 Å². The highest BCUT2D eigenvalue weighted by Crippen LogP contribution is 2.17. The summed E-state index contributed by atoms with van der Waals surface area (Å²) < 4.78 is 1.89. The lowest BCUT2D eigenvalue weighted by Gasteiger charge is -2.19. The van der Waals surface area contributed by atoms with Gasteiger partial charge in [0.15, 0.2) is 0 Å². The van der Waals surface area contributed by atoms with Crippen molar-refractivity contribution >= 4 is 11.9 Å². The predicted octanol–water partition coefficient (Wildman–Crippen LogP) is 1.59. The highest BCUT2D eigenvalue weighted by Gasteiger charge is 2.20. The number of nitrogens with one attached hydrogen (secondary N) is 1. The van der Waals surface area contributed by atoms with E-state index in [1.54, 1.807) is 19.4 Å². The maximum Gasteiger partial charge on any atom is 0.326 e.